The number of ether oxygens (including phenoxy) is 1. The molecule has 0 aliphatic heterocycles. The maximum absolute atomic E-state index is 11.2. The molecule has 0 N–H and O–H groups in total. The Balaban J connectivity index is 1.81. The molecule has 0 atom stereocenters. The lowest BCUT2D eigenvalue weighted by Gasteiger charge is -2.11. The van der Waals surface area contributed by atoms with Gasteiger partial charge in [-0.3, -0.25) is 4.79 Å². The van der Waals surface area contributed by atoms with Crippen LogP contribution in [0.25, 0.3) is 0 Å². The van der Waals surface area contributed by atoms with Crippen LogP contribution in [0, 0.1) is 5.41 Å². The van der Waals surface area contributed by atoms with Gasteiger partial charge in [-0.1, -0.05) is 11.8 Å². The van der Waals surface area contributed by atoms with Crippen LogP contribution in [0.15, 0.2) is 15.9 Å². The first-order valence-corrected chi connectivity index (χ1v) is 6.70. The van der Waals surface area contributed by atoms with Crippen molar-refractivity contribution in [3.63, 3.8) is 0 Å². The number of hydrogen-bond donors (Lipinski definition) is 0. The third kappa shape index (κ3) is 2.95. The van der Waals surface area contributed by atoms with Gasteiger partial charge in [0.25, 0.3) is 0 Å². The summed E-state index contributed by atoms with van der Waals surface area (Å²) in [5.74, 6) is 0.891. The summed E-state index contributed by atoms with van der Waals surface area (Å²) in [5.41, 5.74) is 0.198. The molecule has 0 unspecified atom stereocenters. The molecule has 3 nitrogen and oxygen atoms in total. The number of aromatic nitrogens is 1. The second-order valence-corrected chi connectivity index (χ2v) is 5.96. The average molecular weight is 243 g/mol. The number of hydrogen-bond acceptors (Lipinski definition) is 5. The Morgan fingerprint density at radius 2 is 2.53 bits per heavy atom. The number of thioether (sulfide) groups is 1. The minimum Gasteiger partial charge on any atom is -0.469 e. The largest absolute Gasteiger partial charge is 0.469 e. The quantitative estimate of drug-likeness (QED) is 0.588. The fraction of sp³-hybridized carbons (Fsp3) is 0.600. The molecule has 0 aromatic carbocycles. The Morgan fingerprint density at radius 3 is 3.07 bits per heavy atom. The molecule has 1 aliphatic carbocycles. The van der Waals surface area contributed by atoms with Gasteiger partial charge in [0.1, 0.15) is 4.34 Å². The summed E-state index contributed by atoms with van der Waals surface area (Å²) in [6.45, 7) is 0. The van der Waals surface area contributed by atoms with E-state index in [9.17, 15) is 4.79 Å². The zero-order valence-corrected chi connectivity index (χ0v) is 10.2. The molecule has 0 bridgehead atoms. The van der Waals surface area contributed by atoms with E-state index < -0.39 is 0 Å². The molecule has 5 heteroatoms. The standard InChI is InChI=1S/C10H13NO2S2/c1-13-8(12)6-10(2-3-10)7-15-9-11-4-5-14-9/h4-5H,2-3,6-7H2,1H3. The van der Waals surface area contributed by atoms with E-state index in [0.29, 0.717) is 6.42 Å². The Morgan fingerprint density at radius 1 is 1.73 bits per heavy atom. The molecule has 0 amide bonds. The number of carbonyl (C=O) groups excluding carboxylic acids is 1. The smallest absolute Gasteiger partial charge is 0.306 e. The van der Waals surface area contributed by atoms with Crippen molar-refractivity contribution in [2.45, 2.75) is 23.6 Å². The summed E-state index contributed by atoms with van der Waals surface area (Å²) >= 11 is 3.40. The number of nitrogens with zero attached hydrogens (tertiary/aromatic N) is 1. The molecule has 1 saturated carbocycles. The van der Waals surface area contributed by atoms with Crippen molar-refractivity contribution in [1.82, 2.24) is 4.98 Å². The van der Waals surface area contributed by atoms with Crippen molar-refractivity contribution in [1.29, 1.82) is 0 Å². The molecule has 0 saturated heterocycles. The van der Waals surface area contributed by atoms with Crippen LogP contribution in [0.2, 0.25) is 0 Å². The van der Waals surface area contributed by atoms with Crippen molar-refractivity contribution in [3.05, 3.63) is 11.6 Å². The molecule has 1 heterocycles. The first-order valence-electron chi connectivity index (χ1n) is 4.83. The molecule has 1 fully saturated rings. The highest BCUT2D eigenvalue weighted by molar-refractivity contribution is 8.01. The SMILES string of the molecule is COC(=O)CC1(CSc2nccs2)CC1. The van der Waals surface area contributed by atoms with Crippen LogP contribution >= 0.6 is 23.1 Å². The Kier molecular flexibility index (Phi) is 3.31. The number of thiazole rings is 1. The van der Waals surface area contributed by atoms with Gasteiger partial charge in [-0.2, -0.15) is 0 Å². The Hall–Kier alpha value is -0.550. The Bertz CT molecular complexity index is 333. The van der Waals surface area contributed by atoms with Crippen LogP contribution in [0.3, 0.4) is 0 Å². The van der Waals surface area contributed by atoms with Crippen molar-refractivity contribution in [2.75, 3.05) is 12.9 Å². The van der Waals surface area contributed by atoms with Gasteiger partial charge < -0.3 is 4.74 Å². The fourth-order valence-electron chi connectivity index (χ4n) is 1.42. The Labute approximate surface area is 97.2 Å². The first kappa shape index (κ1) is 11.0. The minimum absolute atomic E-state index is 0.0905. The third-order valence-corrected chi connectivity index (χ3v) is 4.93. The van der Waals surface area contributed by atoms with Crippen LogP contribution in [-0.2, 0) is 9.53 Å². The summed E-state index contributed by atoms with van der Waals surface area (Å²) in [6, 6.07) is 0. The highest BCUT2D eigenvalue weighted by Crippen LogP contribution is 2.52. The van der Waals surface area contributed by atoms with Crippen molar-refractivity contribution in [2.24, 2.45) is 5.41 Å². The van der Waals surface area contributed by atoms with Gasteiger partial charge in [-0.25, -0.2) is 4.98 Å². The van der Waals surface area contributed by atoms with Gasteiger partial charge in [0.05, 0.1) is 13.5 Å². The molecule has 1 aliphatic rings. The number of methoxy groups -OCH3 is 1. The first-order chi connectivity index (χ1) is 7.24. The molecule has 1 aromatic heterocycles. The van der Waals surface area contributed by atoms with Gasteiger partial charge in [0.2, 0.25) is 0 Å². The molecule has 1 aromatic rings. The lowest BCUT2D eigenvalue weighted by Crippen LogP contribution is -2.12. The summed E-state index contributed by atoms with van der Waals surface area (Å²) in [5, 5.41) is 1.97. The molecule has 82 valence electrons. The van der Waals surface area contributed by atoms with E-state index in [1.807, 2.05) is 11.6 Å². The molecule has 0 radical (unpaired) electrons. The lowest BCUT2D eigenvalue weighted by molar-refractivity contribution is -0.141. The fourth-order valence-corrected chi connectivity index (χ4v) is 3.35. The summed E-state index contributed by atoms with van der Waals surface area (Å²) in [6.07, 6.45) is 4.65. The van der Waals surface area contributed by atoms with E-state index in [0.717, 1.165) is 22.9 Å². The maximum Gasteiger partial charge on any atom is 0.306 e. The van der Waals surface area contributed by atoms with E-state index in [-0.39, 0.29) is 11.4 Å². The summed E-state index contributed by atoms with van der Waals surface area (Å²) in [7, 11) is 1.45. The van der Waals surface area contributed by atoms with Crippen LogP contribution in [0.5, 0.6) is 0 Å². The second-order valence-electron chi connectivity index (χ2n) is 3.84. The number of carbonyl (C=O) groups is 1. The van der Waals surface area contributed by atoms with Crippen LogP contribution in [-0.4, -0.2) is 23.8 Å². The average Bonchev–Trinajstić information content (AvgIpc) is 2.81. The summed E-state index contributed by atoms with van der Waals surface area (Å²) in [4.78, 5) is 15.4. The van der Waals surface area contributed by atoms with E-state index in [1.54, 1.807) is 23.1 Å². The maximum atomic E-state index is 11.2. The minimum atomic E-state index is -0.0905. The number of rotatable bonds is 5. The molecular weight excluding hydrogens is 230 g/mol. The highest BCUT2D eigenvalue weighted by Gasteiger charge is 2.44. The van der Waals surface area contributed by atoms with Gasteiger partial charge in [-0.15, -0.1) is 11.3 Å². The van der Waals surface area contributed by atoms with Gasteiger partial charge in [0.15, 0.2) is 0 Å². The van der Waals surface area contributed by atoms with Gasteiger partial charge >= 0.3 is 5.97 Å². The third-order valence-electron chi connectivity index (χ3n) is 2.62. The topological polar surface area (TPSA) is 39.2 Å². The van der Waals surface area contributed by atoms with E-state index >= 15 is 0 Å². The highest BCUT2D eigenvalue weighted by atomic mass is 32.2. The van der Waals surface area contributed by atoms with E-state index in [2.05, 4.69) is 4.98 Å². The van der Waals surface area contributed by atoms with Crippen molar-refractivity contribution in [3.8, 4) is 0 Å². The second kappa shape index (κ2) is 4.53. The van der Waals surface area contributed by atoms with Crippen LogP contribution < -0.4 is 0 Å². The predicted octanol–water partition coefficient (Wildman–Crippen LogP) is 2.58. The molecule has 15 heavy (non-hydrogen) atoms. The predicted molar refractivity (Wildman–Crippen MR) is 61.1 cm³/mol. The van der Waals surface area contributed by atoms with Crippen molar-refractivity contribution < 1.29 is 9.53 Å². The summed E-state index contributed by atoms with van der Waals surface area (Å²) < 4.78 is 5.79. The van der Waals surface area contributed by atoms with Gasteiger partial charge in [0, 0.05) is 17.3 Å². The monoisotopic (exact) mass is 243 g/mol. The van der Waals surface area contributed by atoms with Crippen LogP contribution in [0.4, 0.5) is 0 Å². The van der Waals surface area contributed by atoms with Crippen molar-refractivity contribution >= 4 is 29.1 Å². The molecular formula is C10H13NO2S2. The molecule has 2 rings (SSSR count). The van der Waals surface area contributed by atoms with Crippen LogP contribution in [0.1, 0.15) is 19.3 Å². The zero-order valence-electron chi connectivity index (χ0n) is 8.56. The normalized spacial score (nSPS) is 17.4. The van der Waals surface area contributed by atoms with E-state index in [4.69, 9.17) is 4.74 Å². The number of esters is 1. The van der Waals surface area contributed by atoms with E-state index in [1.165, 1.54) is 7.11 Å². The van der Waals surface area contributed by atoms with Gasteiger partial charge in [-0.05, 0) is 18.3 Å². The zero-order chi connectivity index (χ0) is 10.7. The molecule has 0 spiro atoms. The lowest BCUT2D eigenvalue weighted by atomic mass is 10.1.